The normalized spacial score (nSPS) is 14.4. The van der Waals surface area contributed by atoms with Crippen LogP contribution in [-0.4, -0.2) is 26.6 Å². The number of aromatic nitrogens is 3. The third-order valence-electron chi connectivity index (χ3n) is 6.54. The van der Waals surface area contributed by atoms with Gasteiger partial charge >= 0.3 is 0 Å². The van der Waals surface area contributed by atoms with Gasteiger partial charge in [-0.1, -0.05) is 65.3 Å². The first kappa shape index (κ1) is 27.5. The molecule has 40 heavy (non-hydrogen) atoms. The third kappa shape index (κ3) is 6.05. The molecule has 0 saturated carbocycles. The summed E-state index contributed by atoms with van der Waals surface area (Å²) >= 11 is 7.53. The molecule has 2 heterocycles. The summed E-state index contributed by atoms with van der Waals surface area (Å²) in [5.74, 6) is 0.836. The van der Waals surface area contributed by atoms with Crippen molar-refractivity contribution in [3.8, 4) is 0 Å². The Bertz CT molecular complexity index is 1610. The van der Waals surface area contributed by atoms with E-state index in [9.17, 15) is 9.59 Å². The van der Waals surface area contributed by atoms with Crippen molar-refractivity contribution in [3.63, 3.8) is 0 Å². The molecule has 0 fully saturated rings. The second kappa shape index (κ2) is 11.6. The highest BCUT2D eigenvalue weighted by atomic mass is 35.5. The van der Waals surface area contributed by atoms with Crippen LogP contribution in [0, 0.1) is 13.8 Å². The molecule has 0 spiro atoms. The Morgan fingerprint density at radius 1 is 1.00 bits per heavy atom. The molecule has 0 radical (unpaired) electrons. The molecule has 3 N–H and O–H groups in total. The number of hydrogen-bond acceptors (Lipinski definition) is 6. The van der Waals surface area contributed by atoms with Crippen LogP contribution in [0.3, 0.4) is 0 Å². The number of aryl methyl sites for hydroxylation is 2. The Hall–Kier alpha value is -4.08. The van der Waals surface area contributed by atoms with Gasteiger partial charge in [-0.25, -0.2) is 4.68 Å². The first-order valence-electron chi connectivity index (χ1n) is 12.8. The topological polar surface area (TPSA) is 101 Å². The molecule has 2 amide bonds. The number of allylic oxidation sites excluding steroid dienone is 1. The summed E-state index contributed by atoms with van der Waals surface area (Å²) in [6.45, 7) is 7.33. The lowest BCUT2D eigenvalue weighted by Gasteiger charge is -2.29. The van der Waals surface area contributed by atoms with Crippen LogP contribution >= 0.6 is 23.4 Å². The Labute approximate surface area is 242 Å². The van der Waals surface area contributed by atoms with Gasteiger partial charge in [0.25, 0.3) is 5.91 Å². The van der Waals surface area contributed by atoms with Gasteiger partial charge in [0.1, 0.15) is 6.04 Å². The Kier molecular flexibility index (Phi) is 7.95. The molecule has 5 rings (SSSR count). The zero-order valence-corrected chi connectivity index (χ0v) is 24.2. The van der Waals surface area contributed by atoms with E-state index in [4.69, 9.17) is 21.7 Å². The molecule has 3 aromatic carbocycles. The van der Waals surface area contributed by atoms with Crippen LogP contribution in [0.5, 0.6) is 0 Å². The van der Waals surface area contributed by atoms with Crippen molar-refractivity contribution >= 4 is 52.5 Å². The van der Waals surface area contributed by atoms with Crippen molar-refractivity contribution < 1.29 is 9.59 Å². The van der Waals surface area contributed by atoms with E-state index in [2.05, 4.69) is 16.0 Å². The lowest BCUT2D eigenvalue weighted by Crippen LogP contribution is -2.31. The molecular formula is C30H29ClN6O2S. The molecule has 4 aromatic rings. The number of carbonyl (C=O) groups excluding carboxylic acids is 2. The Balaban J connectivity index is 1.49. The molecule has 10 heteroatoms. The molecule has 1 atom stereocenters. The van der Waals surface area contributed by atoms with Crippen LogP contribution in [0.1, 0.15) is 42.1 Å². The number of nitrogens with one attached hydrogen (secondary N) is 3. The van der Waals surface area contributed by atoms with Crippen LogP contribution < -0.4 is 16.0 Å². The maximum absolute atomic E-state index is 13.8. The fourth-order valence-corrected chi connectivity index (χ4v) is 5.53. The summed E-state index contributed by atoms with van der Waals surface area (Å²) in [5.41, 5.74) is 6.67. The van der Waals surface area contributed by atoms with Gasteiger partial charge in [-0.2, -0.15) is 4.98 Å². The molecule has 1 aromatic heterocycles. The van der Waals surface area contributed by atoms with Crippen LogP contribution in [-0.2, 0) is 15.3 Å². The fourth-order valence-electron chi connectivity index (χ4n) is 4.62. The molecule has 1 aliphatic rings. The highest BCUT2D eigenvalue weighted by Gasteiger charge is 2.34. The number of fused-ring (bicyclic) bond motifs is 1. The monoisotopic (exact) mass is 572 g/mol. The highest BCUT2D eigenvalue weighted by molar-refractivity contribution is 7.98. The lowest BCUT2D eigenvalue weighted by atomic mass is 9.94. The smallest absolute Gasteiger partial charge is 0.255 e. The lowest BCUT2D eigenvalue weighted by molar-refractivity contribution is -0.114. The van der Waals surface area contributed by atoms with Crippen molar-refractivity contribution in [2.75, 3.05) is 16.0 Å². The quantitative estimate of drug-likeness (QED) is 0.212. The maximum atomic E-state index is 13.8. The predicted molar refractivity (Wildman–Crippen MR) is 161 cm³/mol. The van der Waals surface area contributed by atoms with E-state index in [1.807, 2.05) is 87.5 Å². The van der Waals surface area contributed by atoms with Gasteiger partial charge in [0, 0.05) is 34.8 Å². The van der Waals surface area contributed by atoms with Crippen LogP contribution in [0.4, 0.5) is 17.3 Å². The standard InChI is InChI=1S/C30H29ClN6O2S/c1-17-5-14-25(18(2)15-17)34-28(39)26-19(3)32-29-35-30(40-16-21-6-10-23(31)11-7-21)36-37(29)27(26)22-8-12-24(13-9-22)33-20(4)38/h5-15,27H,16H2,1-4H3,(H,33,38)(H,34,39)(H,32,35,36)/t27-/m0/s1. The van der Waals surface area contributed by atoms with Crippen LogP contribution in [0.2, 0.25) is 5.02 Å². The average Bonchev–Trinajstić information content (AvgIpc) is 3.31. The summed E-state index contributed by atoms with van der Waals surface area (Å²) in [7, 11) is 0. The molecule has 0 saturated heterocycles. The van der Waals surface area contributed by atoms with Crippen molar-refractivity contribution in [1.82, 2.24) is 14.8 Å². The van der Waals surface area contributed by atoms with E-state index in [-0.39, 0.29) is 11.8 Å². The number of carbonyl (C=O) groups is 2. The summed E-state index contributed by atoms with van der Waals surface area (Å²) in [6, 6.07) is 20.5. The SMILES string of the molecule is CC(=O)Nc1ccc([C@H]2C(C(=O)Nc3ccc(C)cc3C)=C(C)Nc3nc(SCc4ccc(Cl)cc4)nn32)cc1. The summed E-state index contributed by atoms with van der Waals surface area (Å²) < 4.78 is 1.75. The van der Waals surface area contributed by atoms with Gasteiger partial charge in [0.05, 0.1) is 5.57 Å². The van der Waals surface area contributed by atoms with Crippen LogP contribution in [0.15, 0.2) is 83.2 Å². The van der Waals surface area contributed by atoms with E-state index in [0.29, 0.717) is 38.8 Å². The zero-order valence-electron chi connectivity index (χ0n) is 22.6. The molecule has 0 unspecified atom stereocenters. The van der Waals surface area contributed by atoms with Crippen LogP contribution in [0.25, 0.3) is 0 Å². The number of anilines is 3. The first-order valence-corrected chi connectivity index (χ1v) is 14.1. The zero-order chi connectivity index (χ0) is 28.4. The van der Waals surface area contributed by atoms with Crippen molar-refractivity contribution in [1.29, 1.82) is 0 Å². The first-order chi connectivity index (χ1) is 19.2. The van der Waals surface area contributed by atoms with Gasteiger partial charge in [0.2, 0.25) is 17.0 Å². The highest BCUT2D eigenvalue weighted by Crippen LogP contribution is 2.37. The number of nitrogens with zero attached hydrogens (tertiary/aromatic N) is 3. The van der Waals surface area contributed by atoms with E-state index in [1.54, 1.807) is 4.68 Å². The van der Waals surface area contributed by atoms with Gasteiger partial charge in [0.15, 0.2) is 0 Å². The van der Waals surface area contributed by atoms with E-state index in [1.165, 1.54) is 18.7 Å². The Morgan fingerprint density at radius 3 is 2.40 bits per heavy atom. The number of amides is 2. The van der Waals surface area contributed by atoms with Gasteiger partial charge in [-0.15, -0.1) is 5.10 Å². The summed E-state index contributed by atoms with van der Waals surface area (Å²) in [6.07, 6.45) is 0. The number of thioether (sulfide) groups is 1. The molecule has 8 nitrogen and oxygen atoms in total. The second-order valence-corrected chi connectivity index (χ2v) is 11.1. The van der Waals surface area contributed by atoms with E-state index < -0.39 is 6.04 Å². The van der Waals surface area contributed by atoms with Gasteiger partial charge in [-0.3, -0.25) is 9.59 Å². The van der Waals surface area contributed by atoms with Crippen molar-refractivity contribution in [3.05, 3.63) is 105 Å². The maximum Gasteiger partial charge on any atom is 0.255 e. The van der Waals surface area contributed by atoms with E-state index >= 15 is 0 Å². The third-order valence-corrected chi connectivity index (χ3v) is 7.70. The van der Waals surface area contributed by atoms with Crippen molar-refractivity contribution in [2.45, 2.75) is 44.6 Å². The van der Waals surface area contributed by atoms with Crippen molar-refractivity contribution in [2.24, 2.45) is 0 Å². The molecule has 204 valence electrons. The second-order valence-electron chi connectivity index (χ2n) is 9.72. The minimum atomic E-state index is -0.536. The summed E-state index contributed by atoms with van der Waals surface area (Å²) in [4.78, 5) is 30.1. The molecular weight excluding hydrogens is 544 g/mol. The van der Waals surface area contributed by atoms with Gasteiger partial charge < -0.3 is 16.0 Å². The largest absolute Gasteiger partial charge is 0.328 e. The minimum absolute atomic E-state index is 0.153. The number of benzene rings is 3. The average molecular weight is 573 g/mol. The Morgan fingerprint density at radius 2 is 1.73 bits per heavy atom. The molecule has 0 bridgehead atoms. The minimum Gasteiger partial charge on any atom is -0.328 e. The molecule has 0 aliphatic carbocycles. The van der Waals surface area contributed by atoms with E-state index in [0.717, 1.165) is 27.9 Å². The summed E-state index contributed by atoms with van der Waals surface area (Å²) in [5, 5.41) is 15.3. The van der Waals surface area contributed by atoms with Gasteiger partial charge in [-0.05, 0) is 67.8 Å². The number of hydrogen-bond donors (Lipinski definition) is 3. The fraction of sp³-hybridized carbons (Fsp3) is 0.200. The number of halogens is 1. The predicted octanol–water partition coefficient (Wildman–Crippen LogP) is 6.73. The molecule has 1 aliphatic heterocycles. The number of rotatable bonds is 7.